The molecule has 13 heteroatoms. The van der Waals surface area contributed by atoms with Gasteiger partial charge in [-0.1, -0.05) is 30.1 Å². The normalized spacial score (nSPS) is 12.7. The summed E-state index contributed by atoms with van der Waals surface area (Å²) in [6.07, 6.45) is -0.710. The first-order valence-corrected chi connectivity index (χ1v) is 17.8. The first-order valence-electron chi connectivity index (χ1n) is 14.6. The average Bonchev–Trinajstić information content (AvgIpc) is 3.41. The van der Waals surface area contributed by atoms with Crippen molar-refractivity contribution < 1.29 is 31.8 Å². The third kappa shape index (κ3) is 7.10. The second-order valence-corrected chi connectivity index (χ2v) is 15.6. The zero-order chi connectivity index (χ0) is 34.3. The highest BCUT2D eigenvalue weighted by molar-refractivity contribution is 8.13. The first kappa shape index (κ1) is 33.9. The molecule has 0 saturated heterocycles. The number of amides is 1. The van der Waals surface area contributed by atoms with E-state index in [1.165, 1.54) is 25.1 Å². The van der Waals surface area contributed by atoms with Crippen molar-refractivity contribution in [3.63, 3.8) is 0 Å². The van der Waals surface area contributed by atoms with Gasteiger partial charge < -0.3 is 19.2 Å². The van der Waals surface area contributed by atoms with Gasteiger partial charge in [0.15, 0.2) is 10.2 Å². The largest absolute Gasteiger partial charge is 0.497 e. The van der Waals surface area contributed by atoms with Crippen LogP contribution in [0.3, 0.4) is 0 Å². The van der Waals surface area contributed by atoms with Crippen molar-refractivity contribution in [2.24, 2.45) is 0 Å². The molecular weight excluding hydrogens is 644 g/mol. The van der Waals surface area contributed by atoms with E-state index >= 15 is 4.39 Å². The van der Waals surface area contributed by atoms with Crippen molar-refractivity contribution in [3.8, 4) is 11.5 Å². The van der Waals surface area contributed by atoms with E-state index < -0.39 is 37.8 Å². The van der Waals surface area contributed by atoms with Gasteiger partial charge in [0.25, 0.3) is 0 Å². The van der Waals surface area contributed by atoms with E-state index in [1.807, 2.05) is 24.3 Å². The maximum absolute atomic E-state index is 15.6. The van der Waals surface area contributed by atoms with Crippen LogP contribution in [-0.2, 0) is 26.1 Å². The van der Waals surface area contributed by atoms with Gasteiger partial charge in [-0.2, -0.15) is 0 Å². The number of nitrogens with one attached hydrogen (secondary N) is 1. The predicted octanol–water partition coefficient (Wildman–Crippen LogP) is 7.18. The van der Waals surface area contributed by atoms with E-state index in [0.29, 0.717) is 28.3 Å². The van der Waals surface area contributed by atoms with Gasteiger partial charge in [-0.25, -0.2) is 27.6 Å². The molecule has 1 unspecified atom stereocenters. The summed E-state index contributed by atoms with van der Waals surface area (Å²) in [5.74, 6) is 5.00. The molecule has 248 valence electrons. The second-order valence-electron chi connectivity index (χ2n) is 12.0. The molecule has 5 rings (SSSR count). The summed E-state index contributed by atoms with van der Waals surface area (Å²) >= 11 is 0. The Bertz CT molecular complexity index is 2110. The maximum atomic E-state index is 15.6. The van der Waals surface area contributed by atoms with E-state index in [-0.39, 0.29) is 43.6 Å². The standard InChI is InChI=1S/C34H37FN4O6S2/c1-20-25(35)17-26(39(5)33(40)45-34(2,3)4)29-27(20)28-30(36-29)37-32(46(8)18-21-9-13-23(43-6)14-10-21)38-31(28)47(41,42)19-22-11-15-24(44-7)16-12-22/h9-17H,8,18-19H2,1-7H3,(H,36,37,38). The highest BCUT2D eigenvalue weighted by Crippen LogP contribution is 2.40. The Labute approximate surface area is 275 Å². The van der Waals surface area contributed by atoms with Crippen LogP contribution in [0.4, 0.5) is 14.9 Å². The number of hydrogen-bond donors (Lipinski definition) is 1. The predicted molar refractivity (Wildman–Crippen MR) is 184 cm³/mol. The quantitative estimate of drug-likeness (QED) is 0.0987. The van der Waals surface area contributed by atoms with Crippen LogP contribution in [0, 0.1) is 12.7 Å². The molecule has 0 spiro atoms. The average molecular weight is 681 g/mol. The molecule has 0 radical (unpaired) electrons. The number of anilines is 1. The lowest BCUT2D eigenvalue weighted by molar-refractivity contribution is 0.0589. The number of aromatic amines is 1. The Kier molecular flexibility index (Phi) is 9.33. The summed E-state index contributed by atoms with van der Waals surface area (Å²) in [7, 11) is -0.448. The minimum atomic E-state index is -4.14. The molecule has 2 aromatic heterocycles. The van der Waals surface area contributed by atoms with E-state index in [1.54, 1.807) is 59.1 Å². The number of carbonyl (C=O) groups excluding carboxylic acids is 1. The number of nitrogens with zero attached hydrogens (tertiary/aromatic N) is 3. The molecule has 3 aromatic carbocycles. The molecule has 2 heterocycles. The number of aryl methyl sites for hydroxylation is 1. The Morgan fingerprint density at radius 2 is 1.55 bits per heavy atom. The number of H-pyrrole nitrogens is 1. The maximum Gasteiger partial charge on any atom is 0.414 e. The van der Waals surface area contributed by atoms with Crippen LogP contribution in [0.5, 0.6) is 11.5 Å². The van der Waals surface area contributed by atoms with Crippen molar-refractivity contribution in [2.75, 3.05) is 26.2 Å². The number of aromatic nitrogens is 3. The van der Waals surface area contributed by atoms with Crippen LogP contribution < -0.4 is 14.4 Å². The number of ether oxygens (including phenoxy) is 3. The molecule has 47 heavy (non-hydrogen) atoms. The zero-order valence-electron chi connectivity index (χ0n) is 27.3. The monoisotopic (exact) mass is 680 g/mol. The third-order valence-corrected chi connectivity index (χ3v) is 10.4. The molecule has 0 aliphatic carbocycles. The first-order chi connectivity index (χ1) is 22.1. The molecule has 5 aromatic rings. The highest BCUT2D eigenvalue weighted by Gasteiger charge is 2.30. The number of sulfone groups is 1. The van der Waals surface area contributed by atoms with Crippen LogP contribution in [0.1, 0.15) is 37.5 Å². The molecule has 10 nitrogen and oxygen atoms in total. The van der Waals surface area contributed by atoms with Crippen LogP contribution in [-0.4, -0.2) is 62.2 Å². The van der Waals surface area contributed by atoms with Crippen molar-refractivity contribution in [3.05, 3.63) is 77.1 Å². The van der Waals surface area contributed by atoms with Crippen molar-refractivity contribution >= 4 is 59.9 Å². The number of benzene rings is 3. The van der Waals surface area contributed by atoms with E-state index in [4.69, 9.17) is 19.2 Å². The number of rotatable bonds is 9. The summed E-state index contributed by atoms with van der Waals surface area (Å²) in [4.78, 5) is 26.8. The molecule has 1 N–H and O–H groups in total. The Morgan fingerprint density at radius 3 is 2.11 bits per heavy atom. The van der Waals surface area contributed by atoms with Crippen LogP contribution >= 0.6 is 10.5 Å². The summed E-state index contributed by atoms with van der Waals surface area (Å²) in [5, 5.41) is 0.349. The Hall–Kier alpha value is -4.49. The smallest absolute Gasteiger partial charge is 0.414 e. The lowest BCUT2D eigenvalue weighted by Crippen LogP contribution is -2.34. The van der Waals surface area contributed by atoms with Gasteiger partial charge in [0.1, 0.15) is 28.6 Å². The minimum Gasteiger partial charge on any atom is -0.497 e. The lowest BCUT2D eigenvalue weighted by Gasteiger charge is -2.25. The SMILES string of the molecule is C=S(Cc1ccc(OC)cc1)c1nc(S(=O)(=O)Cc2ccc(OC)cc2)c2c(n1)[nH]c1c(N(C)C(=O)OC(C)(C)C)cc(F)c(C)c12. The van der Waals surface area contributed by atoms with E-state index in [0.717, 1.165) is 5.56 Å². The lowest BCUT2D eigenvalue weighted by atomic mass is 10.1. The van der Waals surface area contributed by atoms with E-state index in [9.17, 15) is 13.2 Å². The van der Waals surface area contributed by atoms with Gasteiger partial charge in [0.05, 0.1) is 36.6 Å². The van der Waals surface area contributed by atoms with Gasteiger partial charge in [-0.3, -0.25) is 4.90 Å². The Morgan fingerprint density at radius 1 is 0.979 bits per heavy atom. The third-order valence-electron chi connectivity index (χ3n) is 7.45. The molecule has 0 bridgehead atoms. The van der Waals surface area contributed by atoms with Crippen molar-refractivity contribution in [1.82, 2.24) is 15.0 Å². The zero-order valence-corrected chi connectivity index (χ0v) is 28.9. The van der Waals surface area contributed by atoms with Crippen molar-refractivity contribution in [2.45, 2.75) is 55.0 Å². The Balaban J connectivity index is 1.72. The van der Waals surface area contributed by atoms with Crippen molar-refractivity contribution in [1.29, 1.82) is 0 Å². The fourth-order valence-electron chi connectivity index (χ4n) is 5.07. The van der Waals surface area contributed by atoms with Gasteiger partial charge >= 0.3 is 6.09 Å². The van der Waals surface area contributed by atoms with Gasteiger partial charge in [0.2, 0.25) is 9.84 Å². The van der Waals surface area contributed by atoms with Gasteiger partial charge in [-0.15, -0.1) is 10.5 Å². The van der Waals surface area contributed by atoms with Crippen LogP contribution in [0.25, 0.3) is 21.9 Å². The number of halogens is 1. The number of methoxy groups -OCH3 is 2. The fourth-order valence-corrected chi connectivity index (χ4v) is 7.80. The minimum absolute atomic E-state index is 0.134. The summed E-state index contributed by atoms with van der Waals surface area (Å²) in [6, 6.07) is 15.4. The van der Waals surface area contributed by atoms with Gasteiger partial charge in [-0.05, 0) is 68.7 Å². The fraction of sp³-hybridized carbons (Fsp3) is 0.294. The summed E-state index contributed by atoms with van der Waals surface area (Å²) < 4.78 is 60.1. The number of carbonyl (C=O) groups is 1. The van der Waals surface area contributed by atoms with Crippen LogP contribution in [0.2, 0.25) is 0 Å². The molecule has 1 amide bonds. The molecular formula is C34H37FN4O6S2. The summed E-state index contributed by atoms with van der Waals surface area (Å²) in [5.41, 5.74) is 1.48. The molecule has 0 aliphatic heterocycles. The number of hydrogen-bond acceptors (Lipinski definition) is 8. The molecule has 0 aliphatic rings. The molecule has 0 saturated carbocycles. The molecule has 1 atom stereocenters. The van der Waals surface area contributed by atoms with Crippen LogP contribution in [0.15, 0.2) is 64.8 Å². The number of fused-ring (bicyclic) bond motifs is 3. The van der Waals surface area contributed by atoms with E-state index in [2.05, 4.69) is 15.8 Å². The molecule has 0 fully saturated rings. The highest BCUT2D eigenvalue weighted by atomic mass is 32.2. The van der Waals surface area contributed by atoms with Gasteiger partial charge in [0, 0.05) is 24.3 Å². The summed E-state index contributed by atoms with van der Waals surface area (Å²) in [6.45, 7) is 6.73. The topological polar surface area (TPSA) is 124 Å². The second kappa shape index (κ2) is 13.0.